The Hall–Kier alpha value is -1.24. The van der Waals surface area contributed by atoms with Crippen LogP contribution in [0, 0.1) is 11.3 Å². The molecule has 1 aromatic carbocycles. The fraction of sp³-hybridized carbons (Fsp3) is 0. The maximum atomic E-state index is 9.49. The van der Waals surface area contributed by atoms with Crippen LogP contribution in [0.3, 0.4) is 0 Å². The number of nitriles is 1. The van der Waals surface area contributed by atoms with Gasteiger partial charge in [-0.05, 0) is 18.2 Å². The van der Waals surface area contributed by atoms with Gasteiger partial charge in [-0.15, -0.1) is 11.3 Å². The van der Waals surface area contributed by atoms with Crippen molar-refractivity contribution in [3.05, 3.63) is 28.1 Å². The predicted molar refractivity (Wildman–Crippen MR) is 53.2 cm³/mol. The second kappa shape index (κ2) is 2.91. The number of phenolic OH excluding ortho intramolecular Hbond substituents is 1. The molecule has 0 aliphatic carbocycles. The SMILES string of the molecule is N#Cc1cc(O)c2cc(Cl)sc2c1. The van der Waals surface area contributed by atoms with Gasteiger partial charge in [-0.3, -0.25) is 0 Å². The normalized spacial score (nSPS) is 10.2. The summed E-state index contributed by atoms with van der Waals surface area (Å²) in [5.74, 6) is 0.109. The van der Waals surface area contributed by atoms with Gasteiger partial charge in [0.15, 0.2) is 0 Å². The van der Waals surface area contributed by atoms with Crippen LogP contribution in [0.4, 0.5) is 0 Å². The molecule has 1 N–H and O–H groups in total. The molecule has 2 aromatic rings. The van der Waals surface area contributed by atoms with Gasteiger partial charge in [0.05, 0.1) is 16.0 Å². The fourth-order valence-corrected chi connectivity index (χ4v) is 2.36. The predicted octanol–water partition coefficient (Wildman–Crippen LogP) is 3.13. The number of aromatic hydroxyl groups is 1. The average Bonchev–Trinajstić information content (AvgIpc) is 2.46. The molecule has 0 bridgehead atoms. The molecule has 0 atom stereocenters. The first-order valence-electron chi connectivity index (χ1n) is 3.53. The van der Waals surface area contributed by atoms with E-state index in [0.717, 1.165) is 4.70 Å². The average molecular weight is 210 g/mol. The van der Waals surface area contributed by atoms with E-state index in [-0.39, 0.29) is 5.75 Å². The van der Waals surface area contributed by atoms with Crippen molar-refractivity contribution in [2.24, 2.45) is 0 Å². The minimum Gasteiger partial charge on any atom is -0.507 e. The number of phenols is 1. The lowest BCUT2D eigenvalue weighted by Gasteiger charge is -1.94. The minimum atomic E-state index is 0.109. The molecule has 4 heteroatoms. The molecule has 64 valence electrons. The molecule has 2 rings (SSSR count). The van der Waals surface area contributed by atoms with Crippen LogP contribution in [-0.4, -0.2) is 5.11 Å². The summed E-state index contributed by atoms with van der Waals surface area (Å²) in [4.78, 5) is 0. The van der Waals surface area contributed by atoms with Crippen LogP contribution in [0.25, 0.3) is 10.1 Å². The highest BCUT2D eigenvalue weighted by Gasteiger charge is 2.06. The van der Waals surface area contributed by atoms with Gasteiger partial charge in [0, 0.05) is 10.1 Å². The quantitative estimate of drug-likeness (QED) is 0.725. The summed E-state index contributed by atoms with van der Waals surface area (Å²) in [5, 5.41) is 18.8. The topological polar surface area (TPSA) is 44.0 Å². The maximum Gasteiger partial charge on any atom is 0.125 e. The molecule has 13 heavy (non-hydrogen) atoms. The molecule has 0 spiro atoms. The Kier molecular flexibility index (Phi) is 1.87. The second-order valence-electron chi connectivity index (χ2n) is 2.57. The monoisotopic (exact) mass is 209 g/mol. The van der Waals surface area contributed by atoms with Gasteiger partial charge < -0.3 is 5.11 Å². The van der Waals surface area contributed by atoms with E-state index >= 15 is 0 Å². The summed E-state index contributed by atoms with van der Waals surface area (Å²) in [6.07, 6.45) is 0. The van der Waals surface area contributed by atoms with E-state index < -0.39 is 0 Å². The van der Waals surface area contributed by atoms with Crippen molar-refractivity contribution in [1.82, 2.24) is 0 Å². The lowest BCUT2D eigenvalue weighted by Crippen LogP contribution is -1.73. The molecule has 0 amide bonds. The summed E-state index contributed by atoms with van der Waals surface area (Å²) < 4.78 is 1.45. The Morgan fingerprint density at radius 2 is 2.15 bits per heavy atom. The summed E-state index contributed by atoms with van der Waals surface area (Å²) in [5.41, 5.74) is 0.448. The molecular weight excluding hydrogens is 206 g/mol. The van der Waals surface area contributed by atoms with Gasteiger partial charge >= 0.3 is 0 Å². The number of hydrogen-bond acceptors (Lipinski definition) is 3. The van der Waals surface area contributed by atoms with Crippen molar-refractivity contribution in [2.45, 2.75) is 0 Å². The van der Waals surface area contributed by atoms with E-state index in [9.17, 15) is 5.11 Å². The zero-order chi connectivity index (χ0) is 9.42. The zero-order valence-corrected chi connectivity index (χ0v) is 7.99. The molecule has 0 saturated carbocycles. The highest BCUT2D eigenvalue weighted by Crippen LogP contribution is 2.35. The number of rotatable bonds is 0. The van der Waals surface area contributed by atoms with Gasteiger partial charge in [0.2, 0.25) is 0 Å². The van der Waals surface area contributed by atoms with Gasteiger partial charge in [-0.2, -0.15) is 5.26 Å². The third-order valence-electron chi connectivity index (χ3n) is 1.71. The largest absolute Gasteiger partial charge is 0.507 e. The van der Waals surface area contributed by atoms with Crippen LogP contribution in [0.5, 0.6) is 5.75 Å². The van der Waals surface area contributed by atoms with Crippen molar-refractivity contribution in [1.29, 1.82) is 5.26 Å². The van der Waals surface area contributed by atoms with Crippen molar-refractivity contribution in [3.8, 4) is 11.8 Å². The molecule has 1 heterocycles. The third-order valence-corrected chi connectivity index (χ3v) is 2.93. The second-order valence-corrected chi connectivity index (χ2v) is 4.28. The molecule has 0 saturated heterocycles. The van der Waals surface area contributed by atoms with Crippen LogP contribution in [0.1, 0.15) is 5.56 Å². The zero-order valence-electron chi connectivity index (χ0n) is 6.41. The summed E-state index contributed by atoms with van der Waals surface area (Å²) >= 11 is 7.13. The third kappa shape index (κ3) is 1.35. The Balaban J connectivity index is 2.85. The number of hydrogen-bond donors (Lipinski definition) is 1. The van der Waals surface area contributed by atoms with Crippen LogP contribution in [0.2, 0.25) is 4.34 Å². The highest BCUT2D eigenvalue weighted by molar-refractivity contribution is 7.22. The number of nitrogens with zero attached hydrogens (tertiary/aromatic N) is 1. The summed E-state index contributed by atoms with van der Waals surface area (Å²) in [7, 11) is 0. The number of thiophene rings is 1. The van der Waals surface area contributed by atoms with Crippen LogP contribution in [0.15, 0.2) is 18.2 Å². The number of halogens is 1. The molecular formula is C9H4ClNOS. The van der Waals surface area contributed by atoms with Crippen LogP contribution < -0.4 is 0 Å². The molecule has 0 aliphatic heterocycles. The first-order valence-corrected chi connectivity index (χ1v) is 4.72. The van der Waals surface area contributed by atoms with Gasteiger partial charge in [0.1, 0.15) is 5.75 Å². The van der Waals surface area contributed by atoms with E-state index in [2.05, 4.69) is 0 Å². The van der Waals surface area contributed by atoms with E-state index in [0.29, 0.717) is 15.3 Å². The maximum absolute atomic E-state index is 9.49. The number of benzene rings is 1. The van der Waals surface area contributed by atoms with Crippen molar-refractivity contribution in [2.75, 3.05) is 0 Å². The lowest BCUT2D eigenvalue weighted by atomic mass is 10.2. The van der Waals surface area contributed by atoms with E-state index in [1.165, 1.54) is 17.4 Å². The Labute approximate surface area is 83.6 Å². The molecule has 2 nitrogen and oxygen atoms in total. The van der Waals surface area contributed by atoms with Crippen LogP contribution in [-0.2, 0) is 0 Å². The first kappa shape index (κ1) is 8.36. The van der Waals surface area contributed by atoms with Gasteiger partial charge in [-0.25, -0.2) is 0 Å². The van der Waals surface area contributed by atoms with Gasteiger partial charge in [0.25, 0.3) is 0 Å². The minimum absolute atomic E-state index is 0.109. The molecule has 0 aliphatic rings. The van der Waals surface area contributed by atoms with Gasteiger partial charge in [-0.1, -0.05) is 11.6 Å². The summed E-state index contributed by atoms with van der Waals surface area (Å²) in [6.45, 7) is 0. The highest BCUT2D eigenvalue weighted by atomic mass is 35.5. The van der Waals surface area contributed by atoms with Crippen molar-refractivity contribution < 1.29 is 5.11 Å². The Morgan fingerprint density at radius 3 is 2.85 bits per heavy atom. The first-order chi connectivity index (χ1) is 6.20. The lowest BCUT2D eigenvalue weighted by molar-refractivity contribution is 0.481. The fourth-order valence-electron chi connectivity index (χ4n) is 1.15. The van der Waals surface area contributed by atoms with Crippen molar-refractivity contribution >= 4 is 33.0 Å². The standard InChI is InChI=1S/C9H4ClNOS/c10-9-3-6-7(12)1-5(4-11)2-8(6)13-9/h1-3,12H. The summed E-state index contributed by atoms with van der Waals surface area (Å²) in [6, 6.07) is 6.82. The van der Waals surface area contributed by atoms with Crippen molar-refractivity contribution in [3.63, 3.8) is 0 Å². The Bertz CT molecular complexity index is 512. The van der Waals surface area contributed by atoms with E-state index in [4.69, 9.17) is 16.9 Å². The molecule has 1 aromatic heterocycles. The van der Waals surface area contributed by atoms with Crippen LogP contribution >= 0.6 is 22.9 Å². The Morgan fingerprint density at radius 1 is 1.38 bits per heavy atom. The molecule has 0 unspecified atom stereocenters. The molecule has 0 fully saturated rings. The van der Waals surface area contributed by atoms with E-state index in [1.807, 2.05) is 6.07 Å². The number of fused-ring (bicyclic) bond motifs is 1. The van der Waals surface area contributed by atoms with E-state index in [1.54, 1.807) is 12.1 Å². The molecule has 0 radical (unpaired) electrons. The smallest absolute Gasteiger partial charge is 0.125 e.